The lowest BCUT2D eigenvalue weighted by molar-refractivity contribution is 0.124. The molecule has 0 heterocycles. The Hall–Kier alpha value is 0. The van der Waals surface area contributed by atoms with Crippen LogP contribution >= 0.6 is 0 Å². The molecule has 14 heavy (non-hydrogen) atoms. The Morgan fingerprint density at radius 2 is 1.71 bits per heavy atom. The van der Waals surface area contributed by atoms with Crippen molar-refractivity contribution in [1.82, 2.24) is 0 Å². The van der Waals surface area contributed by atoms with Gasteiger partial charge in [-0.25, -0.2) is 0 Å². The zero-order chi connectivity index (χ0) is 9.80. The van der Waals surface area contributed by atoms with E-state index >= 15 is 0 Å². The third kappa shape index (κ3) is 2.52. The summed E-state index contributed by atoms with van der Waals surface area (Å²) in [5.74, 6) is 3.38. The Morgan fingerprint density at radius 3 is 2.50 bits per heavy atom. The van der Waals surface area contributed by atoms with Crippen LogP contribution < -0.4 is 0 Å². The van der Waals surface area contributed by atoms with Crippen molar-refractivity contribution in [3.63, 3.8) is 0 Å². The number of fused-ring (bicyclic) bond motifs is 1. The summed E-state index contributed by atoms with van der Waals surface area (Å²) in [6, 6.07) is 0. The Morgan fingerprint density at radius 1 is 0.929 bits per heavy atom. The first kappa shape index (κ1) is 10.5. The van der Waals surface area contributed by atoms with Gasteiger partial charge >= 0.3 is 0 Å². The minimum Gasteiger partial charge on any atom is -0.0654 e. The number of unbranched alkanes of at least 4 members (excludes halogenated alkanes) is 1. The van der Waals surface area contributed by atoms with Crippen molar-refractivity contribution in [2.24, 2.45) is 17.8 Å². The average molecular weight is 194 g/mol. The molecule has 0 aliphatic heterocycles. The summed E-state index contributed by atoms with van der Waals surface area (Å²) in [5.41, 5.74) is 0. The summed E-state index contributed by atoms with van der Waals surface area (Å²) < 4.78 is 0. The molecule has 2 saturated carbocycles. The molecular weight excluding hydrogens is 168 g/mol. The summed E-state index contributed by atoms with van der Waals surface area (Å²) in [6.45, 7) is 2.33. The lowest BCUT2D eigenvalue weighted by atomic mass is 9.67. The molecule has 2 rings (SSSR count). The molecule has 2 aliphatic carbocycles. The van der Waals surface area contributed by atoms with Crippen molar-refractivity contribution in [3.05, 3.63) is 0 Å². The third-order valence-corrected chi connectivity index (χ3v) is 4.61. The maximum Gasteiger partial charge on any atom is -0.0383 e. The highest BCUT2D eigenvalue weighted by Crippen LogP contribution is 2.43. The number of rotatable bonds is 3. The molecule has 0 unspecified atom stereocenters. The van der Waals surface area contributed by atoms with Crippen molar-refractivity contribution in [3.8, 4) is 0 Å². The molecule has 0 aromatic rings. The van der Waals surface area contributed by atoms with E-state index in [1.54, 1.807) is 32.1 Å². The minimum atomic E-state index is 1.11. The summed E-state index contributed by atoms with van der Waals surface area (Å²) in [4.78, 5) is 0. The van der Waals surface area contributed by atoms with E-state index in [0.717, 1.165) is 17.8 Å². The van der Waals surface area contributed by atoms with E-state index in [1.165, 1.54) is 32.1 Å². The molecule has 0 spiro atoms. The van der Waals surface area contributed by atoms with Gasteiger partial charge in [0.05, 0.1) is 0 Å². The lowest BCUT2D eigenvalue weighted by Gasteiger charge is -2.39. The molecule has 2 fully saturated rings. The van der Waals surface area contributed by atoms with E-state index in [9.17, 15) is 0 Å². The summed E-state index contributed by atoms with van der Waals surface area (Å²) >= 11 is 0. The van der Waals surface area contributed by atoms with Crippen LogP contribution in [-0.4, -0.2) is 0 Å². The summed E-state index contributed by atoms with van der Waals surface area (Å²) in [7, 11) is 0. The van der Waals surface area contributed by atoms with E-state index < -0.39 is 0 Å². The molecule has 0 bridgehead atoms. The van der Waals surface area contributed by atoms with Gasteiger partial charge in [-0.05, 0) is 30.6 Å². The fourth-order valence-electron chi connectivity index (χ4n) is 3.73. The van der Waals surface area contributed by atoms with E-state index in [2.05, 4.69) is 6.92 Å². The fraction of sp³-hybridized carbons (Fsp3) is 1.00. The molecule has 0 heteroatoms. The monoisotopic (exact) mass is 194 g/mol. The van der Waals surface area contributed by atoms with Crippen molar-refractivity contribution in [2.45, 2.75) is 71.1 Å². The van der Waals surface area contributed by atoms with Crippen LogP contribution in [0.3, 0.4) is 0 Å². The lowest BCUT2D eigenvalue weighted by Crippen LogP contribution is -2.27. The van der Waals surface area contributed by atoms with Gasteiger partial charge in [0.15, 0.2) is 0 Å². The molecule has 0 nitrogen and oxygen atoms in total. The number of hydrogen-bond donors (Lipinski definition) is 0. The Kier molecular flexibility index (Phi) is 3.89. The third-order valence-electron chi connectivity index (χ3n) is 4.61. The van der Waals surface area contributed by atoms with Crippen molar-refractivity contribution in [2.75, 3.05) is 0 Å². The van der Waals surface area contributed by atoms with Gasteiger partial charge in [-0.15, -0.1) is 0 Å². The zero-order valence-electron chi connectivity index (χ0n) is 9.80. The topological polar surface area (TPSA) is 0 Å². The van der Waals surface area contributed by atoms with E-state index in [-0.39, 0.29) is 0 Å². The molecule has 82 valence electrons. The van der Waals surface area contributed by atoms with Gasteiger partial charge in [-0.3, -0.25) is 0 Å². The fourth-order valence-corrected chi connectivity index (χ4v) is 3.73. The van der Waals surface area contributed by atoms with Crippen LogP contribution in [0.4, 0.5) is 0 Å². The molecule has 0 saturated heterocycles. The van der Waals surface area contributed by atoms with Gasteiger partial charge in [0.25, 0.3) is 0 Å². The second kappa shape index (κ2) is 5.19. The molecule has 0 amide bonds. The van der Waals surface area contributed by atoms with Crippen LogP contribution in [0, 0.1) is 17.8 Å². The van der Waals surface area contributed by atoms with Gasteiger partial charge in [0.2, 0.25) is 0 Å². The predicted molar refractivity (Wildman–Crippen MR) is 62.3 cm³/mol. The second-order valence-electron chi connectivity index (χ2n) is 5.63. The van der Waals surface area contributed by atoms with Gasteiger partial charge < -0.3 is 0 Å². The maximum atomic E-state index is 2.33. The van der Waals surface area contributed by atoms with Gasteiger partial charge in [-0.2, -0.15) is 0 Å². The normalized spacial score (nSPS) is 37.9. The highest BCUT2D eigenvalue weighted by Gasteiger charge is 2.31. The molecule has 0 aromatic carbocycles. The van der Waals surface area contributed by atoms with Crippen LogP contribution in [0.2, 0.25) is 0 Å². The van der Waals surface area contributed by atoms with Crippen molar-refractivity contribution >= 4 is 0 Å². The van der Waals surface area contributed by atoms with E-state index in [4.69, 9.17) is 0 Å². The predicted octanol–water partition coefficient (Wildman–Crippen LogP) is 4.78. The average Bonchev–Trinajstić information content (AvgIpc) is 2.26. The summed E-state index contributed by atoms with van der Waals surface area (Å²) in [6.07, 6.45) is 15.3. The second-order valence-corrected chi connectivity index (χ2v) is 5.63. The van der Waals surface area contributed by atoms with Gasteiger partial charge in [0, 0.05) is 0 Å². The first-order valence-electron chi connectivity index (χ1n) is 6.90. The van der Waals surface area contributed by atoms with Crippen molar-refractivity contribution in [1.29, 1.82) is 0 Å². The first-order valence-corrected chi connectivity index (χ1v) is 6.90. The molecule has 3 atom stereocenters. The molecule has 0 N–H and O–H groups in total. The first-order chi connectivity index (χ1) is 6.90. The van der Waals surface area contributed by atoms with Crippen LogP contribution in [0.5, 0.6) is 0 Å². The Balaban J connectivity index is 1.77. The Labute approximate surface area is 89.5 Å². The van der Waals surface area contributed by atoms with E-state index in [0.29, 0.717) is 0 Å². The molecular formula is C14H26. The van der Waals surface area contributed by atoms with Crippen molar-refractivity contribution < 1.29 is 0 Å². The van der Waals surface area contributed by atoms with E-state index in [1.807, 2.05) is 0 Å². The van der Waals surface area contributed by atoms with Gasteiger partial charge in [0.1, 0.15) is 0 Å². The Bertz CT molecular complexity index is 161. The van der Waals surface area contributed by atoms with Gasteiger partial charge in [-0.1, -0.05) is 58.3 Å². The molecule has 0 aromatic heterocycles. The molecule has 2 aliphatic rings. The SMILES string of the molecule is CCCC[C@@H]1CC[C@H]2CCCC[C@@H]2C1. The maximum absolute atomic E-state index is 2.33. The quantitative estimate of drug-likeness (QED) is 0.606. The zero-order valence-corrected chi connectivity index (χ0v) is 9.80. The largest absolute Gasteiger partial charge is 0.0654 e. The van der Waals surface area contributed by atoms with Crippen LogP contribution in [0.25, 0.3) is 0 Å². The molecule has 0 radical (unpaired) electrons. The van der Waals surface area contributed by atoms with Crippen LogP contribution in [-0.2, 0) is 0 Å². The summed E-state index contributed by atoms with van der Waals surface area (Å²) in [5, 5.41) is 0. The smallest absolute Gasteiger partial charge is 0.0383 e. The van der Waals surface area contributed by atoms with Crippen LogP contribution in [0.1, 0.15) is 71.1 Å². The highest BCUT2D eigenvalue weighted by molar-refractivity contribution is 4.82. The van der Waals surface area contributed by atoms with Crippen LogP contribution in [0.15, 0.2) is 0 Å². The standard InChI is InChI=1S/C14H26/c1-2-3-6-12-9-10-13-7-4-5-8-14(13)11-12/h12-14H,2-11H2,1H3/t12-,13-,14-/m1/s1. The number of hydrogen-bond acceptors (Lipinski definition) is 0. The minimum absolute atomic E-state index is 1.11. The highest BCUT2D eigenvalue weighted by atomic mass is 14.4.